The van der Waals surface area contributed by atoms with Crippen LogP contribution in [0.4, 0.5) is 14.0 Å². The van der Waals surface area contributed by atoms with Crippen LogP contribution in [0.2, 0.25) is 0 Å². The van der Waals surface area contributed by atoms with E-state index in [1.807, 2.05) is 10.6 Å². The molecule has 346 valence electrons. The Morgan fingerprint density at radius 1 is 0.556 bits per heavy atom. The zero-order valence-electron chi connectivity index (χ0n) is 33.7. The van der Waals surface area contributed by atoms with Gasteiger partial charge in [0.15, 0.2) is 0 Å². The van der Waals surface area contributed by atoms with Gasteiger partial charge in [0.05, 0.1) is 24.3 Å². The van der Waals surface area contributed by atoms with Crippen molar-refractivity contribution in [2.75, 3.05) is 19.8 Å². The minimum absolute atomic E-state index is 0.00200. The topological polar surface area (TPSA) is 395 Å². The Bertz CT molecular complexity index is 1850. The van der Waals surface area contributed by atoms with Crippen LogP contribution in [0.5, 0.6) is 0 Å². The number of hydrogen-bond acceptors (Lipinski definition) is 12. The van der Waals surface area contributed by atoms with Gasteiger partial charge in [0.2, 0.25) is 0 Å². The number of amides is 6. The van der Waals surface area contributed by atoms with Crippen molar-refractivity contribution in [3.8, 4) is 5.69 Å². The Labute approximate surface area is 357 Å². The normalized spacial score (nSPS) is 12.7. The molecule has 4 atom stereocenters. The highest BCUT2D eigenvalue weighted by molar-refractivity contribution is 6.00. The fraction of sp³-hybridized carbons (Fsp3) is 0.514. The van der Waals surface area contributed by atoms with Gasteiger partial charge in [-0.3, -0.25) is 23.6 Å². The average Bonchev–Trinajstić information content (AvgIpc) is 3.70. The van der Waals surface area contributed by atoms with Crippen LogP contribution in [0.3, 0.4) is 0 Å². The molecular formula is C37H50FN9O16. The third kappa shape index (κ3) is 19.7. The van der Waals surface area contributed by atoms with Crippen LogP contribution in [0.15, 0.2) is 24.4 Å². The molecule has 2 rings (SSSR count). The number of carboxylic acids is 6. The number of benzene rings is 1. The third-order valence-electron chi connectivity index (χ3n) is 8.93. The van der Waals surface area contributed by atoms with Crippen molar-refractivity contribution in [1.29, 1.82) is 0 Å². The molecule has 2 unspecified atom stereocenters. The first-order valence-electron chi connectivity index (χ1n) is 19.5. The minimum atomic E-state index is -1.58. The molecule has 63 heavy (non-hydrogen) atoms. The van der Waals surface area contributed by atoms with Gasteiger partial charge < -0.3 is 62.5 Å². The molecule has 1 aromatic carbocycles. The highest BCUT2D eigenvalue weighted by Crippen LogP contribution is 2.16. The van der Waals surface area contributed by atoms with Gasteiger partial charge in [-0.1, -0.05) is 5.21 Å². The largest absolute Gasteiger partial charge is 0.481 e. The average molecular weight is 896 g/mol. The van der Waals surface area contributed by atoms with Crippen molar-refractivity contribution in [1.82, 2.24) is 46.9 Å². The van der Waals surface area contributed by atoms with E-state index in [1.165, 1.54) is 29.1 Å². The maximum Gasteiger partial charge on any atom is 0.326 e. The lowest BCUT2D eigenvalue weighted by molar-refractivity contribution is -0.142. The van der Waals surface area contributed by atoms with Crippen molar-refractivity contribution in [3.63, 3.8) is 0 Å². The Morgan fingerprint density at radius 2 is 0.952 bits per heavy atom. The number of carboxylic acid groups (broad SMARTS) is 6. The monoisotopic (exact) mass is 895 g/mol. The summed E-state index contributed by atoms with van der Waals surface area (Å²) in [6.07, 6.45) is 0.420. The summed E-state index contributed by atoms with van der Waals surface area (Å²) in [5.74, 6) is -9.76. The summed E-state index contributed by atoms with van der Waals surface area (Å²) in [7, 11) is 0. The molecule has 0 aliphatic carbocycles. The summed E-state index contributed by atoms with van der Waals surface area (Å²) in [4.78, 5) is 119. The first-order valence-corrected chi connectivity index (χ1v) is 19.5. The smallest absolute Gasteiger partial charge is 0.326 e. The second-order valence-corrected chi connectivity index (χ2v) is 13.9. The molecule has 0 aliphatic heterocycles. The molecule has 0 bridgehead atoms. The van der Waals surface area contributed by atoms with Crippen molar-refractivity contribution < 1.29 is 83.0 Å². The van der Waals surface area contributed by atoms with Crippen molar-refractivity contribution in [2.24, 2.45) is 0 Å². The van der Waals surface area contributed by atoms with Gasteiger partial charge in [-0.25, -0.2) is 33.4 Å². The van der Waals surface area contributed by atoms with Gasteiger partial charge in [0.25, 0.3) is 11.8 Å². The van der Waals surface area contributed by atoms with Gasteiger partial charge in [-0.05, 0) is 82.4 Å². The Hall–Kier alpha value is -7.41. The number of nitrogens with one attached hydrogen (secondary N) is 6. The van der Waals surface area contributed by atoms with Crippen LogP contribution in [0.1, 0.15) is 97.0 Å². The molecule has 2 aromatic rings. The molecule has 0 spiro atoms. The van der Waals surface area contributed by atoms with Crippen LogP contribution >= 0.6 is 0 Å². The number of alkyl halides is 1. The van der Waals surface area contributed by atoms with E-state index in [0.717, 1.165) is 0 Å². The van der Waals surface area contributed by atoms with E-state index in [2.05, 4.69) is 31.6 Å². The number of hydrogen-bond donors (Lipinski definition) is 12. The van der Waals surface area contributed by atoms with Gasteiger partial charge >= 0.3 is 47.9 Å². The predicted molar refractivity (Wildman–Crippen MR) is 211 cm³/mol. The number of rotatable bonds is 30. The highest BCUT2D eigenvalue weighted by atomic mass is 19.1. The number of aryl methyl sites for hydroxylation is 1. The fourth-order valence-corrected chi connectivity index (χ4v) is 5.63. The van der Waals surface area contributed by atoms with Crippen LogP contribution in [0, 0.1) is 0 Å². The van der Waals surface area contributed by atoms with Gasteiger partial charge in [-0.15, -0.1) is 5.10 Å². The van der Waals surface area contributed by atoms with E-state index in [-0.39, 0.29) is 81.3 Å². The number of urea groups is 2. The summed E-state index contributed by atoms with van der Waals surface area (Å²) in [6.45, 7) is -0.575. The minimum Gasteiger partial charge on any atom is -0.481 e. The molecule has 1 heterocycles. The second kappa shape index (κ2) is 26.7. The first kappa shape index (κ1) is 51.7. The van der Waals surface area contributed by atoms with E-state index < -0.39 is 116 Å². The molecule has 0 saturated carbocycles. The van der Waals surface area contributed by atoms with Gasteiger partial charge in [0.1, 0.15) is 24.2 Å². The van der Waals surface area contributed by atoms with Crippen molar-refractivity contribution in [2.45, 2.75) is 101 Å². The predicted octanol–water partition coefficient (Wildman–Crippen LogP) is 0.110. The zero-order valence-corrected chi connectivity index (χ0v) is 33.7. The molecule has 26 heteroatoms. The van der Waals surface area contributed by atoms with E-state index in [9.17, 15) is 72.8 Å². The standard InChI is InChI=1S/C37H50FN9O16/c38-13-5-6-22-19-47(46-45-22)23-17-20(30(52)39-14-3-1-7-24(32(54)55)41-36(62)43-26(34(58)59)9-11-28(48)49)16-21(18-23)31(53)40-15-4-2-8-25(33(56)57)42-37(63)44-27(35(60)61)10-12-29(50)51/h16-19,24-27H,1-15H2,(H,39,52)(H,40,53)(H,48,49)(H,50,51)(H,54,55)(H,56,57)(H,58,59)(H,60,61)(H2,41,43,62)(H2,42,44,63)/t24?,25?,26-,27-/m0/s1. The number of unbranched alkanes of at least 4 members (excludes halogenated alkanes) is 2. The number of carbonyl (C=O) groups is 10. The molecule has 6 amide bonds. The molecule has 25 nitrogen and oxygen atoms in total. The van der Waals surface area contributed by atoms with E-state index >= 15 is 0 Å². The zero-order chi connectivity index (χ0) is 47.1. The van der Waals surface area contributed by atoms with Crippen molar-refractivity contribution >= 4 is 59.7 Å². The summed E-state index contributed by atoms with van der Waals surface area (Å²) < 4.78 is 14.0. The summed E-state index contributed by atoms with van der Waals surface area (Å²) in [5, 5.41) is 76.7. The number of halogens is 1. The first-order chi connectivity index (χ1) is 29.8. The molecule has 0 saturated heterocycles. The summed E-state index contributed by atoms with van der Waals surface area (Å²) in [5.41, 5.74) is 0.664. The Balaban J connectivity index is 2.04. The maximum atomic E-state index is 13.3. The molecule has 0 radical (unpaired) electrons. The van der Waals surface area contributed by atoms with E-state index in [0.29, 0.717) is 5.69 Å². The van der Waals surface area contributed by atoms with Crippen LogP contribution in [-0.2, 0) is 35.2 Å². The number of aliphatic carboxylic acids is 6. The highest BCUT2D eigenvalue weighted by Gasteiger charge is 2.26. The third-order valence-corrected chi connectivity index (χ3v) is 8.93. The lowest BCUT2D eigenvalue weighted by Crippen LogP contribution is -2.51. The number of nitrogens with zero attached hydrogens (tertiary/aromatic N) is 3. The van der Waals surface area contributed by atoms with Gasteiger partial charge in [-0.2, -0.15) is 0 Å². The van der Waals surface area contributed by atoms with Gasteiger partial charge in [0, 0.05) is 37.1 Å². The van der Waals surface area contributed by atoms with E-state index in [4.69, 9.17) is 10.2 Å². The van der Waals surface area contributed by atoms with E-state index in [1.54, 1.807) is 0 Å². The Morgan fingerprint density at radius 3 is 1.32 bits per heavy atom. The maximum absolute atomic E-state index is 13.3. The van der Waals surface area contributed by atoms with Crippen molar-refractivity contribution in [3.05, 3.63) is 41.2 Å². The Kier molecular flexibility index (Phi) is 21.9. The van der Waals surface area contributed by atoms with Crippen LogP contribution < -0.4 is 31.9 Å². The molecule has 1 aromatic heterocycles. The number of carbonyl (C=O) groups excluding carboxylic acids is 4. The summed E-state index contributed by atoms with van der Waals surface area (Å²) in [6, 6.07) is -4.25. The SMILES string of the molecule is O=C(O)CC[C@H](NC(=O)NC(CCCCNC(=O)c1cc(C(=O)NCCCCC(NC(=O)N[C@@H](CCC(=O)O)C(=O)O)C(=O)O)cc(-n2cc(CCCF)nn2)c1)C(=O)O)C(=O)O. The fourth-order valence-electron chi connectivity index (χ4n) is 5.63. The second-order valence-electron chi connectivity index (χ2n) is 13.9. The summed E-state index contributed by atoms with van der Waals surface area (Å²) >= 11 is 0. The lowest BCUT2D eigenvalue weighted by Gasteiger charge is -2.18. The molecule has 0 aliphatic rings. The lowest BCUT2D eigenvalue weighted by atomic mass is 10.1. The quantitative estimate of drug-likeness (QED) is 0.0463. The molecular weight excluding hydrogens is 845 g/mol. The molecule has 0 fully saturated rings. The molecule has 12 N–H and O–H groups in total. The van der Waals surface area contributed by atoms with Crippen LogP contribution in [0.25, 0.3) is 5.69 Å². The van der Waals surface area contributed by atoms with Crippen LogP contribution in [-0.4, -0.2) is 149 Å². The number of aromatic nitrogens is 3.